The van der Waals surface area contributed by atoms with Gasteiger partial charge < -0.3 is 144 Å². The Morgan fingerprint density at radius 1 is 0.535 bits per heavy atom. The summed E-state index contributed by atoms with van der Waals surface area (Å²) in [5, 5.41) is 193. The second-order valence-electron chi connectivity index (χ2n) is 26.6. The van der Waals surface area contributed by atoms with Gasteiger partial charge in [-0.2, -0.15) is 0 Å². The topological polar surface area (TPSA) is 466 Å². The molecule has 29 nitrogen and oxygen atoms in total. The number of hydrogen-bond donors (Lipinski definition) is 18. The van der Waals surface area contributed by atoms with E-state index in [4.69, 9.17) is 52.1 Å². The molecule has 0 amide bonds. The molecule has 86 heavy (non-hydrogen) atoms. The van der Waals surface area contributed by atoms with Crippen LogP contribution in [0.1, 0.15) is 85.5 Å². The Labute approximate surface area is 497 Å². The average molecular weight is 1240 g/mol. The molecule has 0 spiro atoms. The summed E-state index contributed by atoms with van der Waals surface area (Å²) in [7, 11) is 0. The first-order valence-corrected chi connectivity index (χ1v) is 30.6. The summed E-state index contributed by atoms with van der Waals surface area (Å²) in [4.78, 5) is 0. The van der Waals surface area contributed by atoms with Crippen LogP contribution >= 0.6 is 0 Å². The minimum absolute atomic E-state index is 0.0949. The monoisotopic (exact) mass is 1240 g/mol. The van der Waals surface area contributed by atoms with Crippen LogP contribution in [0.3, 0.4) is 0 Å². The van der Waals surface area contributed by atoms with Gasteiger partial charge in [0.2, 0.25) is 0 Å². The van der Waals surface area contributed by atoms with Gasteiger partial charge in [-0.25, -0.2) is 0 Å². The van der Waals surface area contributed by atoms with Crippen molar-refractivity contribution in [1.82, 2.24) is 0 Å². The molecule has 0 radical (unpaired) electrons. The Hall–Kier alpha value is -1.42. The summed E-state index contributed by atoms with van der Waals surface area (Å²) >= 11 is 0. The third kappa shape index (κ3) is 12.3. The van der Waals surface area contributed by atoms with E-state index in [2.05, 4.69) is 26.8 Å². The van der Waals surface area contributed by atoms with E-state index in [1.54, 1.807) is 0 Å². The highest BCUT2D eigenvalue weighted by molar-refractivity contribution is 5.26. The van der Waals surface area contributed by atoms with Crippen LogP contribution in [0.25, 0.3) is 0 Å². The Morgan fingerprint density at radius 2 is 1.02 bits per heavy atom. The van der Waals surface area contributed by atoms with Crippen molar-refractivity contribution >= 4 is 0 Å². The second-order valence-corrected chi connectivity index (χ2v) is 26.6. The number of aliphatic hydroxyl groups excluding tert-OH is 17. The van der Waals surface area contributed by atoms with Gasteiger partial charge in [0.05, 0.1) is 51.8 Å². The Morgan fingerprint density at radius 3 is 1.60 bits per heavy atom. The molecule has 18 N–H and O–H groups in total. The SMILES string of the molecule is C[C@H](CC[C@]1(O)O[C@H]2C[C@H]3[C@@H]4CC=C5C[C@H](O[C@H]6O[C@@H](CO)[C@H](O[C@H]7O[C@@H](CO)[C@H](O)[C@@H](O[C@H]8O[C@@H](CO)[C@H](O)[C@@H](O)[C@@H]8O)[C@@H]7O[C@H]7O[C@@H](CO)[C@H](O)[C@@H](O)[C@@H]7O)[C@@H](O)[C@@H]6O)CC[C@@]5(C)[C@H]4CC[C@@]3(C)[C@H]2[C@@H]1C)CO[C@H]1O[C@@H](CO)[C@H](O)[C@@H](O)[C@@H]1O. The molecule has 0 aromatic carbocycles. The molecule has 9 fully saturated rings. The quantitative estimate of drug-likeness (QED) is 0.0535. The molecule has 6 saturated heterocycles. The highest BCUT2D eigenvalue weighted by Gasteiger charge is 2.68. The maximum Gasteiger partial charge on any atom is 0.187 e. The lowest BCUT2D eigenvalue weighted by atomic mass is 9.47. The Kier molecular flexibility index (Phi) is 21.1. The van der Waals surface area contributed by atoms with Crippen molar-refractivity contribution in [3.63, 3.8) is 0 Å². The number of fused-ring (bicyclic) bond motifs is 7. The van der Waals surface area contributed by atoms with Crippen molar-refractivity contribution in [2.24, 2.45) is 46.3 Å². The van der Waals surface area contributed by atoms with Gasteiger partial charge >= 0.3 is 0 Å². The molecule has 4 aliphatic carbocycles. The molecule has 29 heteroatoms. The van der Waals surface area contributed by atoms with E-state index >= 15 is 0 Å². The van der Waals surface area contributed by atoms with Crippen molar-refractivity contribution in [3.05, 3.63) is 11.6 Å². The minimum Gasteiger partial charge on any atom is -0.394 e. The van der Waals surface area contributed by atoms with Crippen LogP contribution in [-0.4, -0.2) is 303 Å². The fourth-order valence-corrected chi connectivity index (χ4v) is 16.5. The normalized spacial score (nSPS) is 54.3. The third-order valence-corrected chi connectivity index (χ3v) is 21.7. The van der Waals surface area contributed by atoms with Gasteiger partial charge in [0, 0.05) is 12.3 Å². The van der Waals surface area contributed by atoms with Crippen LogP contribution in [0.2, 0.25) is 0 Å². The zero-order valence-corrected chi connectivity index (χ0v) is 48.8. The molecule has 0 bridgehead atoms. The van der Waals surface area contributed by atoms with Crippen molar-refractivity contribution in [1.29, 1.82) is 0 Å². The molecule has 36 atom stereocenters. The summed E-state index contributed by atoms with van der Waals surface area (Å²) in [5.74, 6) is -0.470. The lowest BCUT2D eigenvalue weighted by Crippen LogP contribution is -2.68. The van der Waals surface area contributed by atoms with Gasteiger partial charge in [0.1, 0.15) is 122 Å². The largest absolute Gasteiger partial charge is 0.394 e. The summed E-state index contributed by atoms with van der Waals surface area (Å²) in [6.45, 7) is 4.71. The van der Waals surface area contributed by atoms with Crippen LogP contribution in [0.5, 0.6) is 0 Å². The molecule has 0 aromatic rings. The van der Waals surface area contributed by atoms with Crippen LogP contribution in [0.4, 0.5) is 0 Å². The summed E-state index contributed by atoms with van der Waals surface area (Å²) in [6.07, 6.45) is -35.6. The van der Waals surface area contributed by atoms with Gasteiger partial charge in [0.15, 0.2) is 37.2 Å². The number of rotatable bonds is 19. The number of aliphatic hydroxyl groups is 18. The van der Waals surface area contributed by atoms with E-state index in [0.717, 1.165) is 32.1 Å². The second kappa shape index (κ2) is 26.9. The summed E-state index contributed by atoms with van der Waals surface area (Å²) < 4.78 is 65.9. The lowest BCUT2D eigenvalue weighted by Gasteiger charge is -2.58. The highest BCUT2D eigenvalue weighted by atomic mass is 16.8. The lowest BCUT2D eigenvalue weighted by molar-refractivity contribution is -0.406. The van der Waals surface area contributed by atoms with E-state index in [0.29, 0.717) is 43.4 Å². The van der Waals surface area contributed by atoms with Crippen LogP contribution in [-0.2, 0) is 52.1 Å². The fourth-order valence-electron chi connectivity index (χ4n) is 16.5. The maximum absolute atomic E-state index is 12.1. The zero-order valence-electron chi connectivity index (χ0n) is 48.8. The standard InChI is InChI=1S/C57H94O29/c1-21(20-76-50-43(71)39(67)35(63)29(15-58)78-50)7-12-57(75)22(2)34-28(86-57)14-27-25-6-5-23-13-24(8-10-55(23,3)26(25)9-11-56(27,34)4)77-51-46(74)42(70)47(33(19-62)82-51)83-54-49(85-53-45(73)41(69)37(65)31(17-60)80-53)48(38(66)32(18-61)81-54)84-52-44(72)40(68)36(64)30(16-59)79-52/h5,21-22,24-54,58-75H,6-20H2,1-4H3/t21-,22+,24-,25-,26+,27+,28+,29+,30+,31+,32+,33+,34+,35+,36+,37+,38+,39-,40-,41-,42+,43+,44+,45+,46+,47+,48-,49+,50+,51+,52-,53-,54-,55-,56-,57+/m1/s1. The average Bonchev–Trinajstić information content (AvgIpc) is 1.54. The van der Waals surface area contributed by atoms with Gasteiger partial charge in [0.25, 0.3) is 0 Å². The van der Waals surface area contributed by atoms with Crippen molar-refractivity contribution in [2.75, 3.05) is 39.6 Å². The first-order chi connectivity index (χ1) is 40.8. The van der Waals surface area contributed by atoms with E-state index in [9.17, 15) is 91.9 Å². The molecular formula is C57H94O29. The predicted octanol–water partition coefficient (Wildman–Crippen LogP) is -6.21. The maximum atomic E-state index is 12.1. The van der Waals surface area contributed by atoms with E-state index in [1.807, 2.05) is 6.92 Å². The molecule has 0 unspecified atom stereocenters. The first kappa shape index (κ1) is 67.5. The zero-order chi connectivity index (χ0) is 62.2. The molecule has 496 valence electrons. The number of hydrogen-bond acceptors (Lipinski definition) is 29. The molecule has 6 heterocycles. The Bertz CT molecular complexity index is 2250. The molecule has 0 aromatic heterocycles. The molecule has 10 rings (SSSR count). The van der Waals surface area contributed by atoms with E-state index in [1.165, 1.54) is 5.57 Å². The number of ether oxygens (including phenoxy) is 11. The van der Waals surface area contributed by atoms with Crippen molar-refractivity contribution in [3.8, 4) is 0 Å². The fraction of sp³-hybridized carbons (Fsp3) is 0.965. The van der Waals surface area contributed by atoms with Crippen LogP contribution in [0, 0.1) is 46.3 Å². The third-order valence-electron chi connectivity index (χ3n) is 21.7. The van der Waals surface area contributed by atoms with E-state index < -0.39 is 198 Å². The summed E-state index contributed by atoms with van der Waals surface area (Å²) in [6, 6.07) is 0. The van der Waals surface area contributed by atoms with E-state index in [-0.39, 0.29) is 41.3 Å². The van der Waals surface area contributed by atoms with Gasteiger partial charge in [-0.1, -0.05) is 39.3 Å². The van der Waals surface area contributed by atoms with Crippen LogP contribution in [0.15, 0.2) is 11.6 Å². The first-order valence-electron chi connectivity index (χ1n) is 30.6. The molecule has 3 saturated carbocycles. The smallest absolute Gasteiger partial charge is 0.187 e. The predicted molar refractivity (Wildman–Crippen MR) is 284 cm³/mol. The molecular weight excluding hydrogens is 1150 g/mol. The van der Waals surface area contributed by atoms with Crippen molar-refractivity contribution < 1.29 is 144 Å². The van der Waals surface area contributed by atoms with Crippen molar-refractivity contribution in [2.45, 2.75) is 257 Å². The van der Waals surface area contributed by atoms with Crippen LogP contribution < -0.4 is 0 Å². The number of allylic oxidation sites excluding steroid dienone is 1. The molecule has 6 aliphatic heterocycles. The minimum atomic E-state index is -2.07. The van der Waals surface area contributed by atoms with Gasteiger partial charge in [-0.05, 0) is 91.8 Å². The Balaban J connectivity index is 0.779. The summed E-state index contributed by atoms with van der Waals surface area (Å²) in [5.41, 5.74) is 0.939. The van der Waals surface area contributed by atoms with Gasteiger partial charge in [-0.15, -0.1) is 0 Å². The van der Waals surface area contributed by atoms with Gasteiger partial charge in [-0.3, -0.25) is 0 Å². The molecule has 10 aliphatic rings. The highest BCUT2D eigenvalue weighted by Crippen LogP contribution is 2.70.